The molecule has 5 heteroatoms. The number of benzene rings is 1. The van der Waals surface area contributed by atoms with Crippen LogP contribution in [0, 0.1) is 0 Å². The van der Waals surface area contributed by atoms with E-state index in [1.165, 1.54) is 0 Å². The quantitative estimate of drug-likeness (QED) is 0.845. The minimum absolute atomic E-state index is 0.649. The van der Waals surface area contributed by atoms with Crippen molar-refractivity contribution < 1.29 is 4.42 Å². The summed E-state index contributed by atoms with van der Waals surface area (Å²) in [7, 11) is 1.93. The third-order valence-corrected chi connectivity index (χ3v) is 3.88. The second kappa shape index (κ2) is 6.36. The Labute approximate surface area is 120 Å². The molecule has 2 aromatic rings. The van der Waals surface area contributed by atoms with Gasteiger partial charge >= 0.3 is 0 Å². The van der Waals surface area contributed by atoms with Crippen LogP contribution in [0.1, 0.15) is 12.3 Å². The van der Waals surface area contributed by atoms with Crippen LogP contribution in [0.15, 0.2) is 33.3 Å². The normalized spacial score (nSPS) is 10.8. The van der Waals surface area contributed by atoms with E-state index >= 15 is 0 Å². The fraction of sp³-hybridized carbons (Fsp3) is 0.308. The molecule has 3 nitrogen and oxygen atoms in total. The zero-order valence-corrected chi connectivity index (χ0v) is 12.4. The largest absolute Gasteiger partial charge is 0.441 e. The van der Waals surface area contributed by atoms with Crippen LogP contribution in [0.4, 0.5) is 0 Å². The van der Waals surface area contributed by atoms with Gasteiger partial charge in [0, 0.05) is 16.5 Å². The number of nitrogens with one attached hydrogen (secondary N) is 1. The van der Waals surface area contributed by atoms with Crippen molar-refractivity contribution in [1.82, 2.24) is 10.3 Å². The van der Waals surface area contributed by atoms with Gasteiger partial charge in [0.05, 0.1) is 11.2 Å². The summed E-state index contributed by atoms with van der Waals surface area (Å²) in [5, 5.41) is 3.74. The van der Waals surface area contributed by atoms with E-state index in [1.54, 1.807) is 6.20 Å². The molecule has 0 spiro atoms. The van der Waals surface area contributed by atoms with Crippen LogP contribution in [-0.2, 0) is 6.42 Å². The minimum atomic E-state index is 0.649. The molecule has 0 saturated carbocycles. The van der Waals surface area contributed by atoms with Gasteiger partial charge in [0.25, 0.3) is 0 Å². The summed E-state index contributed by atoms with van der Waals surface area (Å²) in [6.45, 7) is 0.954. The first kappa shape index (κ1) is 13.6. The Morgan fingerprint density at radius 1 is 1.44 bits per heavy atom. The molecular formula is C13H14BrClN2O. The van der Waals surface area contributed by atoms with Gasteiger partial charge in [-0.1, -0.05) is 17.7 Å². The van der Waals surface area contributed by atoms with Crippen LogP contribution < -0.4 is 5.32 Å². The van der Waals surface area contributed by atoms with Crippen LogP contribution in [0.25, 0.3) is 11.3 Å². The number of aryl methyl sites for hydroxylation is 1. The third kappa shape index (κ3) is 3.13. The second-order valence-corrected chi connectivity index (χ2v) is 5.16. The Balaban J connectivity index is 2.16. The summed E-state index contributed by atoms with van der Waals surface area (Å²) >= 11 is 9.62. The number of nitrogens with zero attached hydrogens (tertiary/aromatic N) is 1. The van der Waals surface area contributed by atoms with Crippen molar-refractivity contribution in [2.75, 3.05) is 13.6 Å². The topological polar surface area (TPSA) is 38.1 Å². The van der Waals surface area contributed by atoms with E-state index < -0.39 is 0 Å². The third-order valence-electron chi connectivity index (χ3n) is 2.59. The Bertz CT molecular complexity index is 527. The monoisotopic (exact) mass is 328 g/mol. The summed E-state index contributed by atoms with van der Waals surface area (Å²) in [5.41, 5.74) is 0.860. The van der Waals surface area contributed by atoms with E-state index in [-0.39, 0.29) is 0 Å². The number of halogens is 2. The summed E-state index contributed by atoms with van der Waals surface area (Å²) < 4.78 is 6.56. The molecule has 96 valence electrons. The fourth-order valence-corrected chi connectivity index (χ4v) is 2.25. The second-order valence-electron chi connectivity index (χ2n) is 3.93. The smallest absolute Gasteiger partial charge is 0.194 e. The van der Waals surface area contributed by atoms with Crippen LogP contribution in [0.5, 0.6) is 0 Å². The molecule has 1 aromatic carbocycles. The standard InChI is InChI=1S/C13H14BrClN2O/c1-16-7-3-6-12-17-8-11(18-12)9-4-2-5-10(14)13(9)15/h2,4-5,8,16H,3,6-7H2,1H3. The van der Waals surface area contributed by atoms with Gasteiger partial charge in [-0.05, 0) is 48.1 Å². The molecule has 2 rings (SSSR count). The Morgan fingerprint density at radius 2 is 2.28 bits per heavy atom. The average Bonchev–Trinajstić information content (AvgIpc) is 2.82. The van der Waals surface area contributed by atoms with Crippen molar-refractivity contribution in [3.63, 3.8) is 0 Å². The minimum Gasteiger partial charge on any atom is -0.441 e. The van der Waals surface area contributed by atoms with Gasteiger partial charge in [0.15, 0.2) is 11.7 Å². The Kier molecular flexibility index (Phi) is 4.80. The lowest BCUT2D eigenvalue weighted by molar-refractivity contribution is 0.495. The SMILES string of the molecule is CNCCCc1ncc(-c2cccc(Br)c2Cl)o1. The van der Waals surface area contributed by atoms with Gasteiger partial charge in [-0.2, -0.15) is 0 Å². The lowest BCUT2D eigenvalue weighted by Gasteiger charge is -2.01. The van der Waals surface area contributed by atoms with E-state index in [9.17, 15) is 0 Å². The molecule has 0 unspecified atom stereocenters. The van der Waals surface area contributed by atoms with Gasteiger partial charge in [0.2, 0.25) is 0 Å². The lowest BCUT2D eigenvalue weighted by atomic mass is 10.2. The first-order valence-corrected chi connectivity index (χ1v) is 6.93. The molecule has 18 heavy (non-hydrogen) atoms. The Hall–Kier alpha value is -0.840. The van der Waals surface area contributed by atoms with Crippen molar-refractivity contribution in [3.8, 4) is 11.3 Å². The molecule has 0 atom stereocenters. The van der Waals surface area contributed by atoms with Gasteiger partial charge < -0.3 is 9.73 Å². The molecule has 1 N–H and O–H groups in total. The van der Waals surface area contributed by atoms with E-state index in [2.05, 4.69) is 26.2 Å². The maximum absolute atomic E-state index is 6.22. The predicted molar refractivity (Wildman–Crippen MR) is 76.9 cm³/mol. The first-order chi connectivity index (χ1) is 8.72. The van der Waals surface area contributed by atoms with Crippen molar-refractivity contribution >= 4 is 27.5 Å². The van der Waals surface area contributed by atoms with E-state index in [0.717, 1.165) is 35.3 Å². The fourth-order valence-electron chi connectivity index (χ4n) is 1.66. The van der Waals surface area contributed by atoms with E-state index in [1.807, 2.05) is 25.2 Å². The van der Waals surface area contributed by atoms with Gasteiger partial charge in [-0.15, -0.1) is 0 Å². The van der Waals surface area contributed by atoms with E-state index in [0.29, 0.717) is 10.8 Å². The summed E-state index contributed by atoms with van der Waals surface area (Å²) in [6, 6.07) is 5.75. The lowest BCUT2D eigenvalue weighted by Crippen LogP contribution is -2.08. The van der Waals surface area contributed by atoms with Crippen molar-refractivity contribution in [2.24, 2.45) is 0 Å². The van der Waals surface area contributed by atoms with Crippen LogP contribution in [0.2, 0.25) is 5.02 Å². The van der Waals surface area contributed by atoms with E-state index in [4.69, 9.17) is 16.0 Å². The molecule has 0 radical (unpaired) electrons. The molecule has 0 aliphatic rings. The van der Waals surface area contributed by atoms with Crippen LogP contribution >= 0.6 is 27.5 Å². The molecule has 0 saturated heterocycles. The summed E-state index contributed by atoms with van der Waals surface area (Å²) in [4.78, 5) is 4.27. The molecule has 0 aliphatic heterocycles. The highest BCUT2D eigenvalue weighted by Gasteiger charge is 2.11. The highest BCUT2D eigenvalue weighted by Crippen LogP contribution is 2.33. The van der Waals surface area contributed by atoms with Crippen LogP contribution in [-0.4, -0.2) is 18.6 Å². The number of aromatic nitrogens is 1. The zero-order valence-electron chi connectivity index (χ0n) is 10.0. The maximum atomic E-state index is 6.22. The first-order valence-electron chi connectivity index (χ1n) is 5.76. The van der Waals surface area contributed by atoms with Gasteiger partial charge in [0.1, 0.15) is 0 Å². The highest BCUT2D eigenvalue weighted by molar-refractivity contribution is 9.10. The van der Waals surface area contributed by atoms with Crippen molar-refractivity contribution in [1.29, 1.82) is 0 Å². The molecule has 0 fully saturated rings. The maximum Gasteiger partial charge on any atom is 0.194 e. The predicted octanol–water partition coefficient (Wildman–Crippen LogP) is 3.91. The number of oxazole rings is 1. The summed E-state index contributed by atoms with van der Waals surface area (Å²) in [6.07, 6.45) is 3.55. The molecule has 1 heterocycles. The van der Waals surface area contributed by atoms with Crippen molar-refractivity contribution in [2.45, 2.75) is 12.8 Å². The number of hydrogen-bond acceptors (Lipinski definition) is 3. The number of hydrogen-bond donors (Lipinski definition) is 1. The molecule has 0 bridgehead atoms. The number of rotatable bonds is 5. The summed E-state index contributed by atoms with van der Waals surface area (Å²) in [5.74, 6) is 1.46. The molecule has 0 aliphatic carbocycles. The molecular weight excluding hydrogens is 316 g/mol. The zero-order chi connectivity index (χ0) is 13.0. The van der Waals surface area contributed by atoms with Crippen molar-refractivity contribution in [3.05, 3.63) is 39.8 Å². The molecule has 1 aromatic heterocycles. The Morgan fingerprint density at radius 3 is 3.06 bits per heavy atom. The van der Waals surface area contributed by atoms with Crippen LogP contribution in [0.3, 0.4) is 0 Å². The molecule has 0 amide bonds. The van der Waals surface area contributed by atoms with Gasteiger partial charge in [-0.25, -0.2) is 4.98 Å². The van der Waals surface area contributed by atoms with Gasteiger partial charge in [-0.3, -0.25) is 0 Å². The highest BCUT2D eigenvalue weighted by atomic mass is 79.9. The average molecular weight is 330 g/mol.